The van der Waals surface area contributed by atoms with Gasteiger partial charge in [-0.15, -0.1) is 0 Å². The Hall–Kier alpha value is -1.03. The monoisotopic (exact) mass is 312 g/mol. The van der Waals surface area contributed by atoms with Gasteiger partial charge < -0.3 is 10.6 Å². The van der Waals surface area contributed by atoms with Gasteiger partial charge in [0.25, 0.3) is 0 Å². The molecule has 0 saturated heterocycles. The van der Waals surface area contributed by atoms with Crippen LogP contribution in [-0.2, 0) is 6.54 Å². The van der Waals surface area contributed by atoms with E-state index in [-0.39, 0.29) is 0 Å². The number of allylic oxidation sites excluding steroid dienone is 3. The Morgan fingerprint density at radius 3 is 2.74 bits per heavy atom. The molecule has 0 fully saturated rings. The van der Waals surface area contributed by atoms with Crippen molar-refractivity contribution in [2.75, 3.05) is 0 Å². The molecule has 19 heavy (non-hydrogen) atoms. The highest BCUT2D eigenvalue weighted by atomic mass is 35.5. The summed E-state index contributed by atoms with van der Waals surface area (Å²) < 4.78 is 0. The zero-order chi connectivity index (χ0) is 13.7. The summed E-state index contributed by atoms with van der Waals surface area (Å²) >= 11 is 17.1. The molecule has 0 heterocycles. The molecule has 0 aromatic heterocycles. The van der Waals surface area contributed by atoms with E-state index < -0.39 is 0 Å². The number of nitrogens with one attached hydrogen (secondary N) is 2. The van der Waals surface area contributed by atoms with E-state index in [1.54, 1.807) is 6.07 Å². The van der Waals surface area contributed by atoms with Crippen molar-refractivity contribution in [2.24, 2.45) is 0 Å². The first-order chi connectivity index (χ1) is 9.15. The van der Waals surface area contributed by atoms with E-state index in [0.717, 1.165) is 24.1 Å². The van der Waals surface area contributed by atoms with Crippen LogP contribution >= 0.6 is 35.4 Å². The van der Waals surface area contributed by atoms with Crippen LogP contribution in [0.2, 0.25) is 10.0 Å². The number of hydrogen-bond donors (Lipinski definition) is 2. The highest BCUT2D eigenvalue weighted by Crippen LogP contribution is 2.22. The van der Waals surface area contributed by atoms with E-state index in [1.165, 1.54) is 0 Å². The lowest BCUT2D eigenvalue weighted by Gasteiger charge is -2.13. The molecule has 5 heteroatoms. The van der Waals surface area contributed by atoms with Crippen molar-refractivity contribution >= 4 is 40.5 Å². The zero-order valence-electron chi connectivity index (χ0n) is 10.2. The van der Waals surface area contributed by atoms with Crippen LogP contribution in [0.15, 0.2) is 42.1 Å². The van der Waals surface area contributed by atoms with E-state index in [2.05, 4.69) is 22.8 Å². The second kappa shape index (κ2) is 6.94. The number of benzene rings is 1. The first-order valence-corrected chi connectivity index (χ1v) is 7.17. The van der Waals surface area contributed by atoms with Crippen molar-refractivity contribution in [2.45, 2.75) is 19.4 Å². The molecule has 0 amide bonds. The van der Waals surface area contributed by atoms with Gasteiger partial charge in [0.15, 0.2) is 5.11 Å². The van der Waals surface area contributed by atoms with Crippen LogP contribution in [0.3, 0.4) is 0 Å². The third-order valence-corrected chi connectivity index (χ3v) is 3.68. The Bertz CT molecular complexity index is 538. The van der Waals surface area contributed by atoms with E-state index in [4.69, 9.17) is 35.4 Å². The Morgan fingerprint density at radius 1 is 1.21 bits per heavy atom. The zero-order valence-corrected chi connectivity index (χ0v) is 12.6. The average molecular weight is 313 g/mol. The van der Waals surface area contributed by atoms with Gasteiger partial charge in [-0.05, 0) is 48.8 Å². The highest BCUT2D eigenvalue weighted by Gasteiger charge is 2.02. The van der Waals surface area contributed by atoms with Gasteiger partial charge in [-0.3, -0.25) is 0 Å². The van der Waals surface area contributed by atoms with Gasteiger partial charge in [0.1, 0.15) is 0 Å². The molecule has 0 atom stereocenters. The Morgan fingerprint density at radius 2 is 2.05 bits per heavy atom. The quantitative estimate of drug-likeness (QED) is 0.818. The van der Waals surface area contributed by atoms with Gasteiger partial charge in [-0.1, -0.05) is 41.4 Å². The summed E-state index contributed by atoms with van der Waals surface area (Å²) in [6, 6.07) is 5.53. The molecule has 1 aromatic rings. The molecular weight excluding hydrogens is 299 g/mol. The topological polar surface area (TPSA) is 24.1 Å². The Balaban J connectivity index is 1.84. The van der Waals surface area contributed by atoms with Gasteiger partial charge in [0.2, 0.25) is 0 Å². The summed E-state index contributed by atoms with van der Waals surface area (Å²) in [6.07, 6.45) is 8.44. The fourth-order valence-electron chi connectivity index (χ4n) is 1.71. The van der Waals surface area contributed by atoms with E-state index in [9.17, 15) is 0 Å². The summed E-state index contributed by atoms with van der Waals surface area (Å²) in [6.45, 7) is 0.611. The number of thiocarbonyl (C=S) groups is 1. The molecule has 2 N–H and O–H groups in total. The molecule has 0 radical (unpaired) electrons. The predicted octanol–water partition coefficient (Wildman–Crippen LogP) is 4.19. The molecule has 2 nitrogen and oxygen atoms in total. The van der Waals surface area contributed by atoms with E-state index in [0.29, 0.717) is 21.7 Å². The Labute approximate surface area is 128 Å². The van der Waals surface area contributed by atoms with Gasteiger partial charge in [-0.2, -0.15) is 0 Å². The predicted molar refractivity (Wildman–Crippen MR) is 85.5 cm³/mol. The third-order valence-electron chi connectivity index (χ3n) is 2.69. The molecule has 0 saturated carbocycles. The minimum atomic E-state index is 0.553. The maximum Gasteiger partial charge on any atom is 0.171 e. The lowest BCUT2D eigenvalue weighted by molar-refractivity contribution is 0.885. The minimum absolute atomic E-state index is 0.553. The van der Waals surface area contributed by atoms with E-state index in [1.807, 2.05) is 18.2 Å². The van der Waals surface area contributed by atoms with Crippen LogP contribution in [0.25, 0.3) is 0 Å². The smallest absolute Gasteiger partial charge is 0.171 e. The summed E-state index contributed by atoms with van der Waals surface area (Å²) in [5, 5.41) is 8.00. The normalized spacial score (nSPS) is 13.9. The molecule has 1 aliphatic rings. The van der Waals surface area contributed by atoms with Crippen molar-refractivity contribution in [1.82, 2.24) is 10.6 Å². The second-order valence-electron chi connectivity index (χ2n) is 4.20. The SMILES string of the molecule is S=C(NCc1ccc(Cl)c(Cl)c1)NC1=CCCC=C1. The maximum atomic E-state index is 5.96. The molecule has 1 aliphatic carbocycles. The second-order valence-corrected chi connectivity index (χ2v) is 5.42. The molecule has 1 aromatic carbocycles. The molecule has 2 rings (SSSR count). The van der Waals surface area contributed by atoms with Crippen molar-refractivity contribution in [3.63, 3.8) is 0 Å². The maximum absolute atomic E-state index is 5.96. The van der Waals surface area contributed by atoms with Gasteiger partial charge >= 0.3 is 0 Å². The van der Waals surface area contributed by atoms with Crippen molar-refractivity contribution in [1.29, 1.82) is 0 Å². The molecule has 100 valence electrons. The first kappa shape index (κ1) is 14.4. The highest BCUT2D eigenvalue weighted by molar-refractivity contribution is 7.80. The van der Waals surface area contributed by atoms with E-state index >= 15 is 0 Å². The average Bonchev–Trinajstić information content (AvgIpc) is 2.41. The largest absolute Gasteiger partial charge is 0.358 e. The molecule has 0 bridgehead atoms. The Kier molecular flexibility index (Phi) is 5.25. The fourth-order valence-corrected chi connectivity index (χ4v) is 2.22. The summed E-state index contributed by atoms with van der Waals surface area (Å²) in [7, 11) is 0. The lowest BCUT2D eigenvalue weighted by Crippen LogP contribution is -2.34. The molecule has 0 spiro atoms. The van der Waals surface area contributed by atoms with Crippen LogP contribution in [-0.4, -0.2) is 5.11 Å². The van der Waals surface area contributed by atoms with Crippen molar-refractivity contribution in [3.05, 3.63) is 57.7 Å². The number of rotatable bonds is 3. The van der Waals surface area contributed by atoms with Crippen molar-refractivity contribution in [3.8, 4) is 0 Å². The summed E-state index contributed by atoms with van der Waals surface area (Å²) in [5.74, 6) is 0. The van der Waals surface area contributed by atoms with Crippen molar-refractivity contribution < 1.29 is 0 Å². The fraction of sp³-hybridized carbons (Fsp3) is 0.214. The van der Waals surface area contributed by atoms with Gasteiger partial charge in [0.05, 0.1) is 10.0 Å². The molecular formula is C14H14Cl2N2S. The first-order valence-electron chi connectivity index (χ1n) is 6.00. The standard InChI is InChI=1S/C14H14Cl2N2S/c15-12-7-6-10(8-13(12)16)9-17-14(19)18-11-4-2-1-3-5-11/h2,4-8H,1,3,9H2,(H2,17,18,19). The van der Waals surface area contributed by atoms with Gasteiger partial charge in [-0.25, -0.2) is 0 Å². The third kappa shape index (κ3) is 4.53. The van der Waals surface area contributed by atoms with Crippen LogP contribution in [0.5, 0.6) is 0 Å². The summed E-state index contributed by atoms with van der Waals surface area (Å²) in [5.41, 5.74) is 2.07. The van der Waals surface area contributed by atoms with Crippen LogP contribution in [0, 0.1) is 0 Å². The lowest BCUT2D eigenvalue weighted by atomic mass is 10.1. The number of halogens is 2. The summed E-state index contributed by atoms with van der Waals surface area (Å²) in [4.78, 5) is 0. The minimum Gasteiger partial charge on any atom is -0.358 e. The van der Waals surface area contributed by atoms with Gasteiger partial charge in [0, 0.05) is 12.2 Å². The molecule has 0 aliphatic heterocycles. The van der Waals surface area contributed by atoms with Crippen LogP contribution < -0.4 is 10.6 Å². The molecule has 0 unspecified atom stereocenters. The number of hydrogen-bond acceptors (Lipinski definition) is 1. The van der Waals surface area contributed by atoms with Crippen LogP contribution in [0.4, 0.5) is 0 Å². The van der Waals surface area contributed by atoms with Crippen LogP contribution in [0.1, 0.15) is 18.4 Å².